The first kappa shape index (κ1) is 9.56. The Bertz CT molecular complexity index is 347. The van der Waals surface area contributed by atoms with Gasteiger partial charge in [0.25, 0.3) is 12.3 Å². The van der Waals surface area contributed by atoms with Gasteiger partial charge in [-0.2, -0.15) is 9.49 Å². The SMILES string of the molecule is Cn1nc(C(F)F)c(C(N)=O)c1F. The van der Waals surface area contributed by atoms with Crippen molar-refractivity contribution in [3.8, 4) is 0 Å². The van der Waals surface area contributed by atoms with E-state index in [1.165, 1.54) is 0 Å². The Morgan fingerprint density at radius 3 is 2.46 bits per heavy atom. The smallest absolute Gasteiger partial charge is 0.283 e. The fraction of sp³-hybridized carbons (Fsp3) is 0.333. The number of hydrogen-bond donors (Lipinski definition) is 1. The van der Waals surface area contributed by atoms with Crippen molar-refractivity contribution in [3.05, 3.63) is 17.2 Å². The third-order valence-corrected chi connectivity index (χ3v) is 1.46. The number of nitrogens with zero attached hydrogens (tertiary/aromatic N) is 2. The van der Waals surface area contributed by atoms with Crippen LogP contribution in [0.25, 0.3) is 0 Å². The third kappa shape index (κ3) is 1.49. The van der Waals surface area contributed by atoms with E-state index in [9.17, 15) is 18.0 Å². The van der Waals surface area contributed by atoms with Crippen LogP contribution in [0, 0.1) is 5.95 Å². The van der Waals surface area contributed by atoms with Crippen molar-refractivity contribution < 1.29 is 18.0 Å². The number of rotatable bonds is 2. The standard InChI is InChI=1S/C6H6F3N3O/c1-12-5(9)2(6(10)13)3(11-12)4(7)8/h4H,1H3,(H2,10,13). The largest absolute Gasteiger partial charge is 0.365 e. The molecule has 13 heavy (non-hydrogen) atoms. The van der Waals surface area contributed by atoms with Crippen LogP contribution < -0.4 is 5.73 Å². The van der Waals surface area contributed by atoms with Crippen LogP contribution in [-0.4, -0.2) is 15.7 Å². The summed E-state index contributed by atoms with van der Waals surface area (Å²) < 4.78 is 37.7. The van der Waals surface area contributed by atoms with Gasteiger partial charge >= 0.3 is 0 Å². The normalized spacial score (nSPS) is 10.8. The minimum atomic E-state index is -3.02. The summed E-state index contributed by atoms with van der Waals surface area (Å²) in [6.07, 6.45) is -3.02. The zero-order valence-electron chi connectivity index (χ0n) is 6.59. The Morgan fingerprint density at radius 1 is 1.62 bits per heavy atom. The van der Waals surface area contributed by atoms with Crippen LogP contribution in [-0.2, 0) is 7.05 Å². The van der Waals surface area contributed by atoms with Gasteiger partial charge in [0.1, 0.15) is 11.3 Å². The average molecular weight is 193 g/mol. The molecule has 4 nitrogen and oxygen atoms in total. The molecule has 1 aromatic rings. The number of halogens is 3. The highest BCUT2D eigenvalue weighted by atomic mass is 19.3. The van der Waals surface area contributed by atoms with Gasteiger partial charge in [0.05, 0.1) is 0 Å². The lowest BCUT2D eigenvalue weighted by molar-refractivity contribution is 0.0980. The van der Waals surface area contributed by atoms with Gasteiger partial charge in [-0.15, -0.1) is 0 Å². The Balaban J connectivity index is 3.35. The van der Waals surface area contributed by atoms with Gasteiger partial charge in [0.2, 0.25) is 5.95 Å². The summed E-state index contributed by atoms with van der Waals surface area (Å²) in [5.74, 6) is -2.40. The number of nitrogens with two attached hydrogens (primary N) is 1. The molecule has 1 aromatic heterocycles. The van der Waals surface area contributed by atoms with Crippen molar-refractivity contribution >= 4 is 5.91 Å². The van der Waals surface area contributed by atoms with Gasteiger partial charge in [0, 0.05) is 7.05 Å². The second-order valence-electron chi connectivity index (χ2n) is 2.34. The highest BCUT2D eigenvalue weighted by Crippen LogP contribution is 2.22. The summed E-state index contributed by atoms with van der Waals surface area (Å²) in [5.41, 5.74) is 2.93. The van der Waals surface area contributed by atoms with E-state index < -0.39 is 29.5 Å². The fourth-order valence-electron chi connectivity index (χ4n) is 0.904. The van der Waals surface area contributed by atoms with Gasteiger partial charge < -0.3 is 5.73 Å². The molecule has 72 valence electrons. The fourth-order valence-corrected chi connectivity index (χ4v) is 0.904. The zero-order chi connectivity index (χ0) is 10.2. The van der Waals surface area contributed by atoms with Crippen LogP contribution in [0.15, 0.2) is 0 Å². The minimum Gasteiger partial charge on any atom is -0.365 e. The van der Waals surface area contributed by atoms with E-state index in [0.717, 1.165) is 7.05 Å². The number of aromatic nitrogens is 2. The van der Waals surface area contributed by atoms with Crippen molar-refractivity contribution in [3.63, 3.8) is 0 Å². The average Bonchev–Trinajstić information content (AvgIpc) is 2.28. The summed E-state index contributed by atoms with van der Waals surface area (Å²) in [6, 6.07) is 0. The van der Waals surface area contributed by atoms with Crippen LogP contribution in [0.3, 0.4) is 0 Å². The van der Waals surface area contributed by atoms with Crippen molar-refractivity contribution in [1.82, 2.24) is 9.78 Å². The number of aryl methyl sites for hydroxylation is 1. The summed E-state index contributed by atoms with van der Waals surface area (Å²) in [6.45, 7) is 0. The number of primary amides is 1. The molecule has 0 bridgehead atoms. The molecule has 1 heterocycles. The summed E-state index contributed by atoms with van der Waals surface area (Å²) in [7, 11) is 1.10. The molecule has 0 aliphatic carbocycles. The predicted octanol–water partition coefficient (Wildman–Crippen LogP) is 0.596. The first-order chi connectivity index (χ1) is 5.95. The molecule has 0 unspecified atom stereocenters. The maximum absolute atomic E-state index is 12.9. The number of amides is 1. The van der Waals surface area contributed by atoms with Crippen molar-refractivity contribution in [2.24, 2.45) is 12.8 Å². The Morgan fingerprint density at radius 2 is 2.15 bits per heavy atom. The summed E-state index contributed by atoms with van der Waals surface area (Å²) >= 11 is 0. The maximum Gasteiger partial charge on any atom is 0.283 e. The van der Waals surface area contributed by atoms with Crippen molar-refractivity contribution in [2.75, 3.05) is 0 Å². The van der Waals surface area contributed by atoms with E-state index in [0.29, 0.717) is 4.68 Å². The number of carbonyl (C=O) groups excluding carboxylic acids is 1. The molecule has 0 spiro atoms. The number of hydrogen-bond acceptors (Lipinski definition) is 2. The lowest BCUT2D eigenvalue weighted by Gasteiger charge is -1.94. The first-order valence-corrected chi connectivity index (χ1v) is 3.25. The molecule has 0 saturated heterocycles. The van der Waals surface area contributed by atoms with E-state index in [2.05, 4.69) is 5.10 Å². The quantitative estimate of drug-likeness (QED) is 0.747. The van der Waals surface area contributed by atoms with Gasteiger partial charge in [-0.1, -0.05) is 0 Å². The van der Waals surface area contributed by atoms with Crippen LogP contribution in [0.5, 0.6) is 0 Å². The van der Waals surface area contributed by atoms with Crippen LogP contribution >= 0.6 is 0 Å². The molecule has 0 aromatic carbocycles. The predicted molar refractivity (Wildman–Crippen MR) is 36.6 cm³/mol. The molecule has 0 aliphatic rings. The van der Waals surface area contributed by atoms with Gasteiger partial charge in [0.15, 0.2) is 0 Å². The van der Waals surface area contributed by atoms with E-state index in [1.54, 1.807) is 0 Å². The first-order valence-electron chi connectivity index (χ1n) is 3.25. The number of alkyl halides is 2. The van der Waals surface area contributed by atoms with Crippen LogP contribution in [0.1, 0.15) is 22.5 Å². The monoisotopic (exact) mass is 193 g/mol. The second kappa shape index (κ2) is 3.08. The molecule has 7 heteroatoms. The molecule has 1 rings (SSSR count). The topological polar surface area (TPSA) is 60.9 Å². The minimum absolute atomic E-state index is 0.543. The van der Waals surface area contributed by atoms with Gasteiger partial charge in [-0.25, -0.2) is 13.5 Å². The molecule has 0 fully saturated rings. The van der Waals surface area contributed by atoms with Crippen LogP contribution in [0.2, 0.25) is 0 Å². The van der Waals surface area contributed by atoms with E-state index in [4.69, 9.17) is 5.73 Å². The van der Waals surface area contributed by atoms with Crippen LogP contribution in [0.4, 0.5) is 13.2 Å². The highest BCUT2D eigenvalue weighted by molar-refractivity contribution is 5.94. The second-order valence-corrected chi connectivity index (χ2v) is 2.34. The lowest BCUT2D eigenvalue weighted by Crippen LogP contribution is -2.14. The lowest BCUT2D eigenvalue weighted by atomic mass is 10.2. The molecule has 0 saturated carbocycles. The maximum atomic E-state index is 12.9. The van der Waals surface area contributed by atoms with Crippen molar-refractivity contribution in [2.45, 2.75) is 6.43 Å². The van der Waals surface area contributed by atoms with Gasteiger partial charge in [-0.3, -0.25) is 4.79 Å². The Hall–Kier alpha value is -1.53. The summed E-state index contributed by atoms with van der Waals surface area (Å²) in [5, 5.41) is 3.12. The van der Waals surface area contributed by atoms with E-state index >= 15 is 0 Å². The molecular weight excluding hydrogens is 187 g/mol. The molecule has 2 N–H and O–H groups in total. The molecule has 1 amide bonds. The molecule has 0 radical (unpaired) electrons. The Kier molecular flexibility index (Phi) is 2.26. The summed E-state index contributed by atoms with van der Waals surface area (Å²) in [4.78, 5) is 10.6. The molecule has 0 atom stereocenters. The van der Waals surface area contributed by atoms with E-state index in [1.807, 2.05) is 0 Å². The van der Waals surface area contributed by atoms with Gasteiger partial charge in [-0.05, 0) is 0 Å². The van der Waals surface area contributed by atoms with Crippen molar-refractivity contribution in [1.29, 1.82) is 0 Å². The Labute approximate surface area is 71.1 Å². The third-order valence-electron chi connectivity index (χ3n) is 1.46. The molecule has 0 aliphatic heterocycles. The van der Waals surface area contributed by atoms with E-state index in [-0.39, 0.29) is 0 Å². The molecular formula is C6H6F3N3O. The number of carbonyl (C=O) groups is 1. The highest BCUT2D eigenvalue weighted by Gasteiger charge is 2.26. The zero-order valence-corrected chi connectivity index (χ0v) is 6.59.